The maximum absolute atomic E-state index is 5.96. The number of ether oxygens (including phenoxy) is 3. The summed E-state index contributed by atoms with van der Waals surface area (Å²) in [5, 5.41) is 2.09. The first-order chi connectivity index (χ1) is 8.76. The van der Waals surface area contributed by atoms with Gasteiger partial charge >= 0.3 is 0 Å². The summed E-state index contributed by atoms with van der Waals surface area (Å²) >= 11 is 5.20. The van der Waals surface area contributed by atoms with E-state index < -0.39 is 0 Å². The van der Waals surface area contributed by atoms with Gasteiger partial charge in [-0.05, 0) is 34.8 Å². The number of hydrogen-bond donors (Lipinski definition) is 0. The SMILES string of the molecule is Brc1csc(COC2CCC3(CC2)OCCO3)c1. The summed E-state index contributed by atoms with van der Waals surface area (Å²) in [5.41, 5.74) is 0. The molecule has 3 nitrogen and oxygen atoms in total. The van der Waals surface area contributed by atoms with Gasteiger partial charge in [0.15, 0.2) is 5.79 Å². The summed E-state index contributed by atoms with van der Waals surface area (Å²) in [6.07, 6.45) is 4.35. The van der Waals surface area contributed by atoms with E-state index in [0.29, 0.717) is 6.10 Å². The lowest BCUT2D eigenvalue weighted by atomic mass is 9.92. The Hall–Kier alpha value is 0.0600. The lowest BCUT2D eigenvalue weighted by Crippen LogP contribution is -2.37. The molecule has 1 aliphatic heterocycles. The molecule has 0 amide bonds. The predicted octanol–water partition coefficient (Wildman–Crippen LogP) is 3.71. The molecule has 1 saturated heterocycles. The number of hydrogen-bond acceptors (Lipinski definition) is 4. The van der Waals surface area contributed by atoms with Gasteiger partial charge in [-0.2, -0.15) is 0 Å². The molecule has 1 aromatic heterocycles. The topological polar surface area (TPSA) is 27.7 Å². The summed E-state index contributed by atoms with van der Waals surface area (Å²) in [5.74, 6) is -0.272. The number of rotatable bonds is 3. The zero-order chi connectivity index (χ0) is 12.4. The first-order valence-corrected chi connectivity index (χ1v) is 8.05. The molecule has 2 aliphatic rings. The maximum atomic E-state index is 5.96. The quantitative estimate of drug-likeness (QED) is 0.844. The van der Waals surface area contributed by atoms with E-state index in [4.69, 9.17) is 14.2 Å². The largest absolute Gasteiger partial charge is 0.373 e. The second-order valence-electron chi connectivity index (χ2n) is 4.85. The molecule has 2 fully saturated rings. The van der Waals surface area contributed by atoms with Crippen LogP contribution in [-0.4, -0.2) is 25.1 Å². The molecular formula is C13H17BrO3S. The van der Waals surface area contributed by atoms with E-state index in [1.54, 1.807) is 11.3 Å². The summed E-state index contributed by atoms with van der Waals surface area (Å²) in [6, 6.07) is 2.12. The fourth-order valence-corrected chi connectivity index (χ4v) is 3.98. The molecule has 5 heteroatoms. The van der Waals surface area contributed by atoms with E-state index in [1.165, 1.54) is 4.88 Å². The van der Waals surface area contributed by atoms with Crippen molar-refractivity contribution in [3.63, 3.8) is 0 Å². The van der Waals surface area contributed by atoms with E-state index in [1.807, 2.05) is 0 Å². The zero-order valence-corrected chi connectivity index (χ0v) is 12.6. The second kappa shape index (κ2) is 5.59. The monoisotopic (exact) mass is 332 g/mol. The minimum Gasteiger partial charge on any atom is -0.373 e. The maximum Gasteiger partial charge on any atom is 0.168 e. The van der Waals surface area contributed by atoms with Crippen molar-refractivity contribution in [1.29, 1.82) is 0 Å². The first kappa shape index (κ1) is 13.1. The fourth-order valence-electron chi connectivity index (χ4n) is 2.61. The molecule has 0 N–H and O–H groups in total. The third-order valence-electron chi connectivity index (χ3n) is 3.59. The van der Waals surface area contributed by atoms with Crippen LogP contribution in [-0.2, 0) is 20.8 Å². The number of halogens is 1. The van der Waals surface area contributed by atoms with E-state index >= 15 is 0 Å². The highest BCUT2D eigenvalue weighted by molar-refractivity contribution is 9.10. The molecule has 3 rings (SSSR count). The molecule has 0 bridgehead atoms. The van der Waals surface area contributed by atoms with Gasteiger partial charge in [0.25, 0.3) is 0 Å². The average molecular weight is 333 g/mol. The molecule has 1 saturated carbocycles. The van der Waals surface area contributed by atoms with E-state index in [-0.39, 0.29) is 5.79 Å². The molecule has 1 aliphatic carbocycles. The van der Waals surface area contributed by atoms with Crippen LogP contribution < -0.4 is 0 Å². The summed E-state index contributed by atoms with van der Waals surface area (Å²) in [4.78, 5) is 1.27. The normalized spacial score (nSPS) is 23.8. The Labute approximate surface area is 120 Å². The van der Waals surface area contributed by atoms with Crippen molar-refractivity contribution in [2.45, 2.75) is 44.2 Å². The molecule has 0 unspecified atom stereocenters. The molecule has 0 aromatic carbocycles. The van der Waals surface area contributed by atoms with Gasteiger partial charge in [-0.3, -0.25) is 0 Å². The minimum atomic E-state index is -0.272. The van der Waals surface area contributed by atoms with Crippen molar-refractivity contribution in [1.82, 2.24) is 0 Å². The van der Waals surface area contributed by atoms with Crippen LogP contribution in [0.4, 0.5) is 0 Å². The molecular weight excluding hydrogens is 316 g/mol. The van der Waals surface area contributed by atoms with Crippen molar-refractivity contribution in [3.8, 4) is 0 Å². The molecule has 1 spiro atoms. The van der Waals surface area contributed by atoms with Gasteiger partial charge < -0.3 is 14.2 Å². The zero-order valence-electron chi connectivity index (χ0n) is 10.2. The van der Waals surface area contributed by atoms with E-state index in [0.717, 1.165) is 50.0 Å². The summed E-state index contributed by atoms with van der Waals surface area (Å²) in [6.45, 7) is 2.21. The van der Waals surface area contributed by atoms with Gasteiger partial charge in [0.05, 0.1) is 25.9 Å². The highest BCUT2D eigenvalue weighted by Crippen LogP contribution is 2.37. The standard InChI is InChI=1S/C13H17BrO3S/c14-10-7-12(18-9-10)8-15-11-1-3-13(4-2-11)16-5-6-17-13/h7,9,11H,1-6,8H2. The minimum absolute atomic E-state index is 0.272. The highest BCUT2D eigenvalue weighted by Gasteiger charge is 2.40. The van der Waals surface area contributed by atoms with Crippen molar-refractivity contribution in [3.05, 3.63) is 20.8 Å². The van der Waals surface area contributed by atoms with Crippen LogP contribution >= 0.6 is 27.3 Å². The fraction of sp³-hybridized carbons (Fsp3) is 0.692. The van der Waals surface area contributed by atoms with Crippen molar-refractivity contribution in [2.75, 3.05) is 13.2 Å². The Bertz CT molecular complexity index is 391. The lowest BCUT2D eigenvalue weighted by Gasteiger charge is -2.35. The Morgan fingerprint density at radius 1 is 1.33 bits per heavy atom. The predicted molar refractivity (Wildman–Crippen MR) is 73.7 cm³/mol. The summed E-state index contributed by atoms with van der Waals surface area (Å²) < 4.78 is 18.5. The molecule has 0 atom stereocenters. The molecule has 18 heavy (non-hydrogen) atoms. The van der Waals surface area contributed by atoms with Gasteiger partial charge in [-0.1, -0.05) is 0 Å². The van der Waals surface area contributed by atoms with Gasteiger partial charge in [0.2, 0.25) is 0 Å². The lowest BCUT2D eigenvalue weighted by molar-refractivity contribution is -0.192. The summed E-state index contributed by atoms with van der Waals surface area (Å²) in [7, 11) is 0. The van der Waals surface area contributed by atoms with Crippen LogP contribution in [0.5, 0.6) is 0 Å². The van der Waals surface area contributed by atoms with Crippen molar-refractivity contribution in [2.24, 2.45) is 0 Å². The van der Waals surface area contributed by atoms with Gasteiger partial charge in [0.1, 0.15) is 0 Å². The van der Waals surface area contributed by atoms with Gasteiger partial charge in [-0.15, -0.1) is 11.3 Å². The Morgan fingerprint density at radius 3 is 2.67 bits per heavy atom. The van der Waals surface area contributed by atoms with Gasteiger partial charge in [0, 0.05) is 27.6 Å². The Balaban J connectivity index is 1.45. The molecule has 0 radical (unpaired) electrons. The third kappa shape index (κ3) is 2.96. The third-order valence-corrected chi connectivity index (χ3v) is 5.26. The van der Waals surface area contributed by atoms with E-state index in [9.17, 15) is 0 Å². The van der Waals surface area contributed by atoms with Crippen LogP contribution in [0.15, 0.2) is 15.9 Å². The highest BCUT2D eigenvalue weighted by atomic mass is 79.9. The van der Waals surface area contributed by atoms with Gasteiger partial charge in [-0.25, -0.2) is 0 Å². The van der Waals surface area contributed by atoms with Crippen LogP contribution in [0.1, 0.15) is 30.6 Å². The number of thiophene rings is 1. The van der Waals surface area contributed by atoms with Crippen LogP contribution in [0.25, 0.3) is 0 Å². The van der Waals surface area contributed by atoms with Crippen molar-refractivity contribution >= 4 is 27.3 Å². The average Bonchev–Trinajstić information content (AvgIpc) is 2.99. The second-order valence-corrected chi connectivity index (χ2v) is 6.76. The van der Waals surface area contributed by atoms with Crippen molar-refractivity contribution < 1.29 is 14.2 Å². The van der Waals surface area contributed by atoms with Crippen LogP contribution in [0.3, 0.4) is 0 Å². The van der Waals surface area contributed by atoms with Crippen LogP contribution in [0, 0.1) is 0 Å². The van der Waals surface area contributed by atoms with Crippen LogP contribution in [0.2, 0.25) is 0 Å². The smallest absolute Gasteiger partial charge is 0.168 e. The Kier molecular flexibility index (Phi) is 4.06. The molecule has 1 aromatic rings. The Morgan fingerprint density at radius 2 is 2.06 bits per heavy atom. The molecule has 2 heterocycles. The molecule has 100 valence electrons. The first-order valence-electron chi connectivity index (χ1n) is 6.38. The van der Waals surface area contributed by atoms with E-state index in [2.05, 4.69) is 27.4 Å².